The largest absolute Gasteiger partial charge is 0.451 e. The number of unbranched alkanes of at least 4 members (excludes halogenated alkanes) is 6. The summed E-state index contributed by atoms with van der Waals surface area (Å²) in [4.78, 5) is 22.6. The lowest BCUT2D eigenvalue weighted by atomic mass is 9.83. The van der Waals surface area contributed by atoms with Crippen molar-refractivity contribution in [3.8, 4) is 0 Å². The number of carbonyl (C=O) groups is 2. The molecule has 0 aliphatic carbocycles. The zero-order chi connectivity index (χ0) is 24.4. The van der Waals surface area contributed by atoms with E-state index in [0.717, 1.165) is 51.6 Å². The first-order valence-corrected chi connectivity index (χ1v) is 13.9. The van der Waals surface area contributed by atoms with Crippen molar-refractivity contribution in [3.05, 3.63) is 41.7 Å². The fraction of sp³-hybridized carbons (Fsp3) is 0.583. The molecular formula is C24H38BBrO4S2. The van der Waals surface area contributed by atoms with Crippen LogP contribution >= 0.6 is 38.6 Å². The van der Waals surface area contributed by atoms with Crippen LogP contribution in [0.1, 0.15) is 101 Å². The maximum atomic E-state index is 10.6. The summed E-state index contributed by atoms with van der Waals surface area (Å²) in [7, 11) is -1.10. The molecule has 2 aromatic rings. The van der Waals surface area contributed by atoms with Crippen LogP contribution < -0.4 is 0 Å². The topological polar surface area (TPSA) is 74.6 Å². The Morgan fingerprint density at radius 2 is 1.38 bits per heavy atom. The monoisotopic (exact) mass is 544 g/mol. The standard InChI is InChI=1S/C12H18OS.C6H15BO2.C6H5BrOS/c1-3-4-5-6-7-11-9-14-12(8-13)10(11)2;1-2-3-4-5-6-7(8)9;1-4-5(7)3-9-6(4)2-8/h8-9H,3-7H2,1-2H3;8-9H,2-6H2,1H3;2-3H,1H3. The van der Waals surface area contributed by atoms with E-state index in [4.69, 9.17) is 10.0 Å². The molecule has 0 radical (unpaired) electrons. The first-order valence-electron chi connectivity index (χ1n) is 11.4. The van der Waals surface area contributed by atoms with Gasteiger partial charge >= 0.3 is 7.12 Å². The molecule has 2 aromatic heterocycles. The van der Waals surface area contributed by atoms with Gasteiger partial charge in [0.05, 0.1) is 9.75 Å². The SMILES string of the molecule is CCCCCCB(O)O.CCCCCCc1csc(C=O)c1C.Cc1c(Br)csc1C=O. The first kappa shape index (κ1) is 31.2. The maximum absolute atomic E-state index is 10.6. The summed E-state index contributed by atoms with van der Waals surface area (Å²) in [6.45, 7) is 8.33. The van der Waals surface area contributed by atoms with Crippen LogP contribution in [0.2, 0.25) is 6.32 Å². The van der Waals surface area contributed by atoms with Gasteiger partial charge in [-0.2, -0.15) is 0 Å². The predicted octanol–water partition coefficient (Wildman–Crippen LogP) is 7.66. The molecule has 2 heterocycles. The number of halogens is 1. The molecule has 4 nitrogen and oxygen atoms in total. The van der Waals surface area contributed by atoms with Gasteiger partial charge in [0.1, 0.15) is 0 Å². The fourth-order valence-electron chi connectivity index (χ4n) is 2.85. The Bertz CT molecular complexity index is 759. The number of aryl methyl sites for hydroxylation is 1. The lowest BCUT2D eigenvalue weighted by Crippen LogP contribution is -2.09. The summed E-state index contributed by atoms with van der Waals surface area (Å²) < 4.78 is 1.02. The van der Waals surface area contributed by atoms with Gasteiger partial charge in [-0.05, 0) is 71.0 Å². The molecule has 0 bridgehead atoms. The second-order valence-electron chi connectivity index (χ2n) is 7.70. The molecule has 0 aliphatic heterocycles. The average molecular weight is 545 g/mol. The Morgan fingerprint density at radius 3 is 1.78 bits per heavy atom. The Labute approximate surface area is 210 Å². The summed E-state index contributed by atoms with van der Waals surface area (Å²) in [5.74, 6) is 0. The molecule has 0 saturated carbocycles. The van der Waals surface area contributed by atoms with E-state index in [2.05, 4.69) is 42.1 Å². The highest BCUT2D eigenvalue weighted by atomic mass is 79.9. The third kappa shape index (κ3) is 13.7. The van der Waals surface area contributed by atoms with Gasteiger partial charge < -0.3 is 10.0 Å². The van der Waals surface area contributed by atoms with Crippen LogP contribution in [0.4, 0.5) is 0 Å². The molecule has 0 aliphatic rings. The van der Waals surface area contributed by atoms with Gasteiger partial charge in [0.25, 0.3) is 0 Å². The minimum absolute atomic E-state index is 0.528. The van der Waals surface area contributed by atoms with E-state index < -0.39 is 7.12 Å². The van der Waals surface area contributed by atoms with Crippen molar-refractivity contribution in [1.82, 2.24) is 0 Å². The van der Waals surface area contributed by atoms with Crippen molar-refractivity contribution in [1.29, 1.82) is 0 Å². The predicted molar refractivity (Wildman–Crippen MR) is 144 cm³/mol. The smallest absolute Gasteiger partial charge is 0.427 e. The zero-order valence-corrected chi connectivity index (χ0v) is 23.1. The fourth-order valence-corrected chi connectivity index (χ4v) is 5.16. The minimum Gasteiger partial charge on any atom is -0.427 e. The third-order valence-electron chi connectivity index (χ3n) is 5.03. The quantitative estimate of drug-likeness (QED) is 0.163. The Balaban J connectivity index is 0.000000470. The summed E-state index contributed by atoms with van der Waals surface area (Å²) in [6, 6.07) is 0. The highest BCUT2D eigenvalue weighted by Gasteiger charge is 2.06. The van der Waals surface area contributed by atoms with Crippen LogP contribution in [0.15, 0.2) is 15.2 Å². The van der Waals surface area contributed by atoms with Crippen LogP contribution in [0.25, 0.3) is 0 Å². The second-order valence-corrected chi connectivity index (χ2v) is 10.4. The van der Waals surface area contributed by atoms with Crippen molar-refractivity contribution in [3.63, 3.8) is 0 Å². The molecule has 32 heavy (non-hydrogen) atoms. The van der Waals surface area contributed by atoms with Crippen molar-refractivity contribution in [2.75, 3.05) is 0 Å². The van der Waals surface area contributed by atoms with Gasteiger partial charge in [-0.1, -0.05) is 58.8 Å². The molecule has 0 saturated heterocycles. The summed E-state index contributed by atoms with van der Waals surface area (Å²) >= 11 is 6.34. The van der Waals surface area contributed by atoms with Crippen molar-refractivity contribution in [2.24, 2.45) is 0 Å². The number of rotatable bonds is 12. The molecule has 0 unspecified atom stereocenters. The van der Waals surface area contributed by atoms with E-state index in [0.29, 0.717) is 6.32 Å². The number of thiophene rings is 2. The highest BCUT2D eigenvalue weighted by Crippen LogP contribution is 2.24. The maximum Gasteiger partial charge on any atom is 0.451 e. The molecule has 180 valence electrons. The second kappa shape index (κ2) is 19.7. The van der Waals surface area contributed by atoms with E-state index >= 15 is 0 Å². The molecule has 0 amide bonds. The van der Waals surface area contributed by atoms with Crippen molar-refractivity contribution >= 4 is 58.3 Å². The third-order valence-corrected chi connectivity index (χ3v) is 8.22. The summed E-state index contributed by atoms with van der Waals surface area (Å²) in [5.41, 5.74) is 3.60. The van der Waals surface area contributed by atoms with Crippen LogP contribution in [0.5, 0.6) is 0 Å². The van der Waals surface area contributed by atoms with Gasteiger partial charge in [-0.15, -0.1) is 22.7 Å². The molecule has 8 heteroatoms. The Kier molecular flexibility index (Phi) is 19.2. The van der Waals surface area contributed by atoms with Crippen molar-refractivity contribution in [2.45, 2.75) is 91.8 Å². The molecule has 0 spiro atoms. The van der Waals surface area contributed by atoms with Crippen LogP contribution in [-0.4, -0.2) is 29.7 Å². The molecule has 0 aromatic carbocycles. The van der Waals surface area contributed by atoms with E-state index in [1.54, 1.807) is 11.3 Å². The van der Waals surface area contributed by atoms with Gasteiger partial charge in [-0.25, -0.2) is 0 Å². The Hall–Kier alpha value is -0.795. The Morgan fingerprint density at radius 1 is 0.844 bits per heavy atom. The number of aldehydes is 2. The van der Waals surface area contributed by atoms with Crippen molar-refractivity contribution < 1.29 is 19.6 Å². The lowest BCUT2D eigenvalue weighted by Gasteiger charge is -1.99. The van der Waals surface area contributed by atoms with Gasteiger partial charge in [0, 0.05) is 9.85 Å². The number of carbonyl (C=O) groups excluding carboxylic acids is 2. The van der Waals surface area contributed by atoms with E-state index in [1.807, 2.05) is 12.3 Å². The molecule has 0 atom stereocenters. The normalized spacial score (nSPS) is 9.97. The van der Waals surface area contributed by atoms with Crippen LogP contribution in [0, 0.1) is 13.8 Å². The number of hydrogen-bond donors (Lipinski definition) is 2. The molecule has 2 N–H and O–H groups in total. The van der Waals surface area contributed by atoms with E-state index in [9.17, 15) is 9.59 Å². The highest BCUT2D eigenvalue weighted by molar-refractivity contribution is 9.10. The van der Waals surface area contributed by atoms with Crippen LogP contribution in [-0.2, 0) is 6.42 Å². The van der Waals surface area contributed by atoms with Crippen LogP contribution in [0.3, 0.4) is 0 Å². The number of hydrogen-bond acceptors (Lipinski definition) is 6. The minimum atomic E-state index is -1.10. The summed E-state index contributed by atoms with van der Waals surface area (Å²) in [6.07, 6.45) is 13.1. The van der Waals surface area contributed by atoms with Gasteiger partial charge in [-0.3, -0.25) is 9.59 Å². The lowest BCUT2D eigenvalue weighted by molar-refractivity contribution is 0.111. The van der Waals surface area contributed by atoms with Gasteiger partial charge in [0.15, 0.2) is 12.6 Å². The first-order chi connectivity index (χ1) is 15.3. The molecule has 2 rings (SSSR count). The van der Waals surface area contributed by atoms with E-state index in [1.165, 1.54) is 61.0 Å². The average Bonchev–Trinajstić information content (AvgIpc) is 3.30. The molecule has 0 fully saturated rings. The van der Waals surface area contributed by atoms with Gasteiger partial charge in [0.2, 0.25) is 0 Å². The summed E-state index contributed by atoms with van der Waals surface area (Å²) in [5, 5.41) is 20.9. The zero-order valence-electron chi connectivity index (χ0n) is 19.9. The molecular weight excluding hydrogens is 507 g/mol. The van der Waals surface area contributed by atoms with E-state index in [-0.39, 0.29) is 0 Å².